The molecule has 1 fully saturated rings. The van der Waals surface area contributed by atoms with Crippen molar-refractivity contribution in [3.05, 3.63) is 85.1 Å². The van der Waals surface area contributed by atoms with Crippen molar-refractivity contribution in [2.24, 2.45) is 0 Å². The molecule has 1 aliphatic rings. The van der Waals surface area contributed by atoms with Crippen molar-refractivity contribution in [1.29, 1.82) is 0 Å². The summed E-state index contributed by atoms with van der Waals surface area (Å²) in [6.07, 6.45) is 6.67. The number of nitrogens with one attached hydrogen (secondary N) is 3. The fraction of sp³-hybridized carbons (Fsp3) is 0.320. The van der Waals surface area contributed by atoms with Gasteiger partial charge in [0, 0.05) is 36.1 Å². The second kappa shape index (κ2) is 9.81. The lowest BCUT2D eigenvalue weighted by molar-refractivity contribution is 0.272. The first-order valence-electron chi connectivity index (χ1n) is 11.0. The van der Waals surface area contributed by atoms with E-state index in [1.54, 1.807) is 0 Å². The number of rotatable bonds is 9. The molecule has 3 aromatic rings. The van der Waals surface area contributed by atoms with Crippen molar-refractivity contribution >= 4 is 26.8 Å². The van der Waals surface area contributed by atoms with Crippen molar-refractivity contribution in [3.8, 4) is 0 Å². The van der Waals surface area contributed by atoms with Crippen molar-refractivity contribution in [3.63, 3.8) is 0 Å². The zero-order valence-electron chi connectivity index (χ0n) is 18.1. The van der Waals surface area contributed by atoms with Crippen molar-refractivity contribution < 1.29 is 8.42 Å². The van der Waals surface area contributed by atoms with E-state index in [0.29, 0.717) is 0 Å². The largest absolute Gasteiger partial charge is 0.369 e. The van der Waals surface area contributed by atoms with E-state index < -0.39 is 10.2 Å². The Kier molecular flexibility index (Phi) is 6.89. The van der Waals surface area contributed by atoms with Gasteiger partial charge in [-0.15, -0.1) is 6.58 Å². The van der Waals surface area contributed by atoms with Crippen LogP contribution < -0.4 is 14.8 Å². The summed E-state index contributed by atoms with van der Waals surface area (Å²) in [6.45, 7) is 4.52. The van der Waals surface area contributed by atoms with E-state index in [2.05, 4.69) is 62.7 Å². The van der Waals surface area contributed by atoms with Gasteiger partial charge >= 0.3 is 0 Å². The topological polar surface area (TPSA) is 83.1 Å². The fourth-order valence-corrected chi connectivity index (χ4v) is 5.69. The number of aromatic nitrogens is 1. The summed E-state index contributed by atoms with van der Waals surface area (Å²) in [7, 11) is -3.52. The summed E-state index contributed by atoms with van der Waals surface area (Å²) in [4.78, 5) is 4.59. The molecule has 7 heteroatoms. The number of hydrogen-bond acceptors (Lipinski definition) is 4. The van der Waals surface area contributed by atoms with Gasteiger partial charge in [0.05, 0.1) is 0 Å². The van der Waals surface area contributed by atoms with E-state index in [1.165, 1.54) is 11.6 Å². The SMILES string of the molecule is C=CCNS(=O)(=O)N[C@H]1CC[C@@](CNc2nccc3ccccc23)(c2ccccc2)CC1. The number of nitrogens with zero attached hydrogens (tertiary/aromatic N) is 1. The zero-order valence-corrected chi connectivity index (χ0v) is 18.9. The van der Waals surface area contributed by atoms with Crippen LogP contribution in [0.4, 0.5) is 5.82 Å². The molecule has 0 atom stereocenters. The second-order valence-corrected chi connectivity index (χ2v) is 9.94. The van der Waals surface area contributed by atoms with Gasteiger partial charge in [-0.05, 0) is 42.7 Å². The molecule has 0 spiro atoms. The van der Waals surface area contributed by atoms with E-state index in [4.69, 9.17) is 0 Å². The quantitative estimate of drug-likeness (QED) is 0.428. The third-order valence-corrected chi connectivity index (χ3v) is 7.53. The molecule has 1 saturated carbocycles. The van der Waals surface area contributed by atoms with Crippen LogP contribution >= 0.6 is 0 Å². The first-order valence-corrected chi connectivity index (χ1v) is 12.5. The predicted molar refractivity (Wildman–Crippen MR) is 131 cm³/mol. The average Bonchev–Trinajstić information content (AvgIpc) is 2.83. The number of fused-ring (bicyclic) bond motifs is 1. The molecule has 6 nitrogen and oxygen atoms in total. The fourth-order valence-electron chi connectivity index (χ4n) is 4.59. The minimum atomic E-state index is -3.52. The van der Waals surface area contributed by atoms with Gasteiger partial charge < -0.3 is 5.32 Å². The van der Waals surface area contributed by atoms with E-state index >= 15 is 0 Å². The van der Waals surface area contributed by atoms with Crippen LogP contribution in [0.15, 0.2) is 79.5 Å². The molecule has 0 unspecified atom stereocenters. The van der Waals surface area contributed by atoms with Crippen LogP contribution in [0.5, 0.6) is 0 Å². The Morgan fingerprint density at radius 1 is 1.03 bits per heavy atom. The van der Waals surface area contributed by atoms with Crippen LogP contribution in [0, 0.1) is 0 Å². The molecule has 0 amide bonds. The molecule has 168 valence electrons. The van der Waals surface area contributed by atoms with Crippen LogP contribution in [-0.2, 0) is 15.6 Å². The van der Waals surface area contributed by atoms with E-state index in [1.807, 2.05) is 30.5 Å². The molecule has 0 aliphatic heterocycles. The molecule has 1 aliphatic carbocycles. The maximum atomic E-state index is 12.2. The highest BCUT2D eigenvalue weighted by Gasteiger charge is 2.37. The summed E-state index contributed by atoms with van der Waals surface area (Å²) in [5, 5.41) is 5.88. The highest BCUT2D eigenvalue weighted by atomic mass is 32.2. The lowest BCUT2D eigenvalue weighted by Gasteiger charge is -2.41. The molecule has 0 bridgehead atoms. The van der Waals surface area contributed by atoms with Crippen LogP contribution in [0.1, 0.15) is 31.2 Å². The Hall–Kier alpha value is -2.74. The minimum Gasteiger partial charge on any atom is -0.369 e. The summed E-state index contributed by atoms with van der Waals surface area (Å²) < 4.78 is 29.8. The molecule has 0 saturated heterocycles. The highest BCUT2D eigenvalue weighted by Crippen LogP contribution is 2.40. The Balaban J connectivity index is 1.51. The van der Waals surface area contributed by atoms with Crippen molar-refractivity contribution in [2.75, 3.05) is 18.4 Å². The maximum absolute atomic E-state index is 12.2. The van der Waals surface area contributed by atoms with Gasteiger partial charge in [0.1, 0.15) is 5.82 Å². The molecule has 0 radical (unpaired) electrons. The number of anilines is 1. The molecule has 3 N–H and O–H groups in total. The van der Waals surface area contributed by atoms with Gasteiger partial charge in [0.2, 0.25) is 0 Å². The van der Waals surface area contributed by atoms with Crippen LogP contribution in [0.2, 0.25) is 0 Å². The summed E-state index contributed by atoms with van der Waals surface area (Å²) >= 11 is 0. The first kappa shape index (κ1) is 22.5. The molecule has 1 aromatic heterocycles. The number of hydrogen-bond donors (Lipinski definition) is 3. The van der Waals surface area contributed by atoms with Crippen LogP contribution in [-0.4, -0.2) is 32.5 Å². The Morgan fingerprint density at radius 3 is 2.50 bits per heavy atom. The van der Waals surface area contributed by atoms with Crippen molar-refractivity contribution in [2.45, 2.75) is 37.1 Å². The summed E-state index contributed by atoms with van der Waals surface area (Å²) in [5.41, 5.74) is 1.19. The Labute approximate surface area is 190 Å². The second-order valence-electron chi connectivity index (χ2n) is 8.41. The van der Waals surface area contributed by atoms with Gasteiger partial charge in [0.15, 0.2) is 0 Å². The summed E-state index contributed by atoms with van der Waals surface area (Å²) in [6, 6.07) is 20.7. The zero-order chi connectivity index (χ0) is 22.4. The van der Waals surface area contributed by atoms with E-state index in [9.17, 15) is 8.42 Å². The van der Waals surface area contributed by atoms with E-state index in [-0.39, 0.29) is 18.0 Å². The third kappa shape index (κ3) is 5.18. The van der Waals surface area contributed by atoms with Gasteiger partial charge in [-0.3, -0.25) is 0 Å². The van der Waals surface area contributed by atoms with Gasteiger partial charge in [-0.1, -0.05) is 60.7 Å². The lowest BCUT2D eigenvalue weighted by Crippen LogP contribution is -2.48. The van der Waals surface area contributed by atoms with E-state index in [0.717, 1.165) is 48.8 Å². The normalized spacial score (nSPS) is 21.3. The predicted octanol–water partition coefficient (Wildman–Crippen LogP) is 4.14. The van der Waals surface area contributed by atoms with Crippen LogP contribution in [0.3, 0.4) is 0 Å². The van der Waals surface area contributed by atoms with Gasteiger partial charge in [0.25, 0.3) is 10.2 Å². The molecular formula is C25H30N4O2S. The third-order valence-electron chi connectivity index (χ3n) is 6.34. The van der Waals surface area contributed by atoms with Gasteiger partial charge in [-0.25, -0.2) is 4.98 Å². The molecule has 1 heterocycles. The molecular weight excluding hydrogens is 420 g/mol. The molecule has 2 aromatic carbocycles. The summed E-state index contributed by atoms with van der Waals surface area (Å²) in [5.74, 6) is 0.884. The smallest absolute Gasteiger partial charge is 0.277 e. The Bertz CT molecular complexity index is 1150. The monoisotopic (exact) mass is 450 g/mol. The lowest BCUT2D eigenvalue weighted by atomic mass is 9.68. The van der Waals surface area contributed by atoms with Crippen LogP contribution in [0.25, 0.3) is 10.8 Å². The average molecular weight is 451 g/mol. The maximum Gasteiger partial charge on any atom is 0.277 e. The number of benzene rings is 2. The van der Waals surface area contributed by atoms with Gasteiger partial charge in [-0.2, -0.15) is 17.9 Å². The standard InChI is InChI=1S/C25H30N4O2S/c1-2-17-28-32(30,31)29-22-12-15-25(16-13-22,21-9-4-3-5-10-21)19-27-24-23-11-7-6-8-20(23)14-18-26-24/h2-11,14,18,22,28-29H,1,12-13,15-17,19H2,(H,26,27)/t22-,25+. The first-order chi connectivity index (χ1) is 15.5. The van der Waals surface area contributed by atoms with Crippen molar-refractivity contribution in [1.82, 2.24) is 14.4 Å². The minimum absolute atomic E-state index is 0.0789. The number of pyridine rings is 1. The highest BCUT2D eigenvalue weighted by molar-refractivity contribution is 7.87. The molecule has 32 heavy (non-hydrogen) atoms. The Morgan fingerprint density at radius 2 is 1.75 bits per heavy atom. The molecule has 4 rings (SSSR count).